The summed E-state index contributed by atoms with van der Waals surface area (Å²) in [4.78, 5) is 0. The summed E-state index contributed by atoms with van der Waals surface area (Å²) in [6, 6.07) is 8.47. The van der Waals surface area contributed by atoms with E-state index in [1.54, 1.807) is 0 Å². The van der Waals surface area contributed by atoms with Gasteiger partial charge in [-0.25, -0.2) is 0 Å². The van der Waals surface area contributed by atoms with Crippen LogP contribution >= 0.6 is 63.7 Å². The highest BCUT2D eigenvalue weighted by atomic mass is 79.9. The minimum Gasteiger partial charge on any atom is -0.491 e. The molecule has 0 spiro atoms. The lowest BCUT2D eigenvalue weighted by Crippen LogP contribution is -2.30. The van der Waals surface area contributed by atoms with E-state index in [0.717, 1.165) is 40.5 Å². The quantitative estimate of drug-likeness (QED) is 0.264. The molecule has 184 valence electrons. The summed E-state index contributed by atoms with van der Waals surface area (Å²) in [6.07, 6.45) is 0. The summed E-state index contributed by atoms with van der Waals surface area (Å²) in [7, 11) is 0. The molecule has 2 aromatic carbocycles. The standard InChI is InChI=1S/C25H34Br4N2O2/c1-23(2,11-30)13-32-21-17(26)7-15(8-18(21)27)25(5,6)16-9-19(28)22(20(29)10-16)33-14-24(3,4)12-31/h7-10H,11-14,30-31H2,1-6H3. The molecule has 2 rings (SSSR count). The average Bonchev–Trinajstić information content (AvgIpc) is 2.72. The van der Waals surface area contributed by atoms with E-state index in [1.807, 2.05) is 0 Å². The second-order valence-corrected chi connectivity index (χ2v) is 13.9. The molecule has 0 aliphatic carbocycles. The number of nitrogens with two attached hydrogens (primary N) is 2. The smallest absolute Gasteiger partial charge is 0.147 e. The molecule has 0 aliphatic rings. The minimum absolute atomic E-state index is 0.0987. The molecule has 0 aliphatic heterocycles. The molecule has 4 nitrogen and oxygen atoms in total. The van der Waals surface area contributed by atoms with Gasteiger partial charge in [0, 0.05) is 29.3 Å². The molecular formula is C25H34Br4N2O2. The van der Waals surface area contributed by atoms with Crippen molar-refractivity contribution in [3.63, 3.8) is 0 Å². The first-order chi connectivity index (χ1) is 15.1. The zero-order valence-corrected chi connectivity index (χ0v) is 26.5. The third-order valence-electron chi connectivity index (χ3n) is 5.76. The van der Waals surface area contributed by atoms with Crippen molar-refractivity contribution in [2.45, 2.75) is 47.0 Å². The van der Waals surface area contributed by atoms with Gasteiger partial charge < -0.3 is 20.9 Å². The van der Waals surface area contributed by atoms with Crippen molar-refractivity contribution in [3.05, 3.63) is 53.3 Å². The van der Waals surface area contributed by atoms with Gasteiger partial charge in [-0.1, -0.05) is 41.5 Å². The van der Waals surface area contributed by atoms with E-state index in [1.165, 1.54) is 0 Å². The van der Waals surface area contributed by atoms with Gasteiger partial charge in [0.1, 0.15) is 11.5 Å². The SMILES string of the molecule is CC(C)(CN)COc1c(Br)cc(C(C)(C)c2cc(Br)c(OCC(C)(C)CN)c(Br)c2)cc1Br. The van der Waals surface area contributed by atoms with Gasteiger partial charge in [0.05, 0.1) is 31.1 Å². The van der Waals surface area contributed by atoms with Gasteiger partial charge in [-0.05, 0) is 99.1 Å². The van der Waals surface area contributed by atoms with Crippen LogP contribution in [0.15, 0.2) is 42.2 Å². The van der Waals surface area contributed by atoms with Crippen molar-refractivity contribution in [3.8, 4) is 11.5 Å². The first kappa shape index (κ1) is 29.1. The van der Waals surface area contributed by atoms with Crippen molar-refractivity contribution in [1.82, 2.24) is 0 Å². The summed E-state index contributed by atoms with van der Waals surface area (Å²) in [5.74, 6) is 1.56. The Morgan fingerprint density at radius 3 is 1.12 bits per heavy atom. The zero-order chi connectivity index (χ0) is 25.2. The number of benzene rings is 2. The number of ether oxygens (including phenoxy) is 2. The first-order valence-electron chi connectivity index (χ1n) is 10.8. The number of halogens is 4. The Hall–Kier alpha value is -0.120. The first-order valence-corrected chi connectivity index (χ1v) is 14.0. The van der Waals surface area contributed by atoms with Crippen LogP contribution in [-0.4, -0.2) is 26.3 Å². The van der Waals surface area contributed by atoms with E-state index in [9.17, 15) is 0 Å². The fraction of sp³-hybridized carbons (Fsp3) is 0.520. The number of hydrogen-bond donors (Lipinski definition) is 2. The van der Waals surface area contributed by atoms with Crippen molar-refractivity contribution in [2.24, 2.45) is 22.3 Å². The van der Waals surface area contributed by atoms with Crippen LogP contribution in [-0.2, 0) is 5.41 Å². The highest BCUT2D eigenvalue weighted by Crippen LogP contribution is 2.44. The summed E-state index contributed by atoms with van der Waals surface area (Å²) in [5, 5.41) is 0. The molecule has 33 heavy (non-hydrogen) atoms. The Morgan fingerprint density at radius 2 is 0.879 bits per heavy atom. The van der Waals surface area contributed by atoms with Gasteiger partial charge >= 0.3 is 0 Å². The van der Waals surface area contributed by atoms with Crippen molar-refractivity contribution < 1.29 is 9.47 Å². The monoisotopic (exact) mass is 710 g/mol. The molecule has 0 amide bonds. The lowest BCUT2D eigenvalue weighted by Gasteiger charge is -2.29. The molecule has 4 N–H and O–H groups in total. The predicted molar refractivity (Wildman–Crippen MR) is 152 cm³/mol. The Kier molecular flexibility index (Phi) is 9.96. The molecule has 8 heteroatoms. The van der Waals surface area contributed by atoms with Crippen molar-refractivity contribution in [1.29, 1.82) is 0 Å². The van der Waals surface area contributed by atoms with Gasteiger partial charge in [0.15, 0.2) is 0 Å². The maximum Gasteiger partial charge on any atom is 0.147 e. The Balaban J connectivity index is 2.35. The largest absolute Gasteiger partial charge is 0.491 e. The topological polar surface area (TPSA) is 70.5 Å². The number of hydrogen-bond acceptors (Lipinski definition) is 4. The van der Waals surface area contributed by atoms with Crippen LogP contribution in [0.4, 0.5) is 0 Å². The van der Waals surface area contributed by atoms with Crippen LogP contribution in [0.5, 0.6) is 11.5 Å². The molecular weight excluding hydrogens is 680 g/mol. The summed E-state index contributed by atoms with van der Waals surface area (Å²) < 4.78 is 15.8. The third kappa shape index (κ3) is 7.43. The maximum atomic E-state index is 6.10. The Morgan fingerprint density at radius 1 is 0.606 bits per heavy atom. The van der Waals surface area contributed by atoms with Crippen LogP contribution in [0.2, 0.25) is 0 Å². The van der Waals surface area contributed by atoms with Gasteiger partial charge in [-0.15, -0.1) is 0 Å². The maximum absolute atomic E-state index is 6.10. The van der Waals surface area contributed by atoms with E-state index in [4.69, 9.17) is 20.9 Å². The lowest BCUT2D eigenvalue weighted by molar-refractivity contribution is 0.185. The van der Waals surface area contributed by atoms with Crippen LogP contribution in [0.1, 0.15) is 52.7 Å². The van der Waals surface area contributed by atoms with E-state index in [-0.39, 0.29) is 16.2 Å². The van der Waals surface area contributed by atoms with Crippen LogP contribution in [0.25, 0.3) is 0 Å². The minimum atomic E-state index is -0.278. The number of rotatable bonds is 10. The van der Waals surface area contributed by atoms with Gasteiger partial charge in [-0.2, -0.15) is 0 Å². The fourth-order valence-corrected chi connectivity index (χ4v) is 5.77. The van der Waals surface area contributed by atoms with Gasteiger partial charge in [0.25, 0.3) is 0 Å². The molecule has 0 radical (unpaired) electrons. The van der Waals surface area contributed by atoms with Crippen LogP contribution in [0, 0.1) is 10.8 Å². The molecule has 0 saturated heterocycles. The zero-order valence-electron chi connectivity index (χ0n) is 20.1. The van der Waals surface area contributed by atoms with E-state index in [0.29, 0.717) is 26.3 Å². The van der Waals surface area contributed by atoms with E-state index < -0.39 is 0 Å². The highest BCUT2D eigenvalue weighted by molar-refractivity contribution is 9.11. The molecule has 0 fully saturated rings. The lowest BCUT2D eigenvalue weighted by atomic mass is 9.78. The molecule has 0 saturated carbocycles. The Bertz CT molecular complexity index is 867. The molecule has 0 bridgehead atoms. The van der Waals surface area contributed by atoms with E-state index >= 15 is 0 Å². The summed E-state index contributed by atoms with van der Waals surface area (Å²) in [6.45, 7) is 14.9. The predicted octanol–water partition coefficient (Wildman–Crippen LogP) is 7.79. The second-order valence-electron chi connectivity index (χ2n) is 10.5. The molecule has 2 aromatic rings. The van der Waals surface area contributed by atoms with Crippen molar-refractivity contribution >= 4 is 63.7 Å². The molecule has 0 aromatic heterocycles. The van der Waals surface area contributed by atoms with Gasteiger partial charge in [0.2, 0.25) is 0 Å². The second kappa shape index (κ2) is 11.3. The fourth-order valence-electron chi connectivity index (χ4n) is 2.94. The third-order valence-corrected chi connectivity index (χ3v) is 8.12. The molecule has 0 heterocycles. The average molecular weight is 714 g/mol. The summed E-state index contributed by atoms with van der Waals surface area (Å²) in [5.41, 5.74) is 13.5. The summed E-state index contributed by atoms with van der Waals surface area (Å²) >= 11 is 14.8. The van der Waals surface area contributed by atoms with Crippen LogP contribution < -0.4 is 20.9 Å². The van der Waals surface area contributed by atoms with E-state index in [2.05, 4.69) is 130 Å². The van der Waals surface area contributed by atoms with Gasteiger partial charge in [-0.3, -0.25) is 0 Å². The highest BCUT2D eigenvalue weighted by Gasteiger charge is 2.28. The normalized spacial score (nSPS) is 12.7. The van der Waals surface area contributed by atoms with Crippen molar-refractivity contribution in [2.75, 3.05) is 26.3 Å². The Labute approximate surface area is 232 Å². The molecule has 0 atom stereocenters. The molecule has 0 unspecified atom stereocenters. The van der Waals surface area contributed by atoms with Crippen LogP contribution in [0.3, 0.4) is 0 Å².